The zero-order valence-electron chi connectivity index (χ0n) is 14.0. The normalized spacial score (nSPS) is 16.3. The van der Waals surface area contributed by atoms with Crippen LogP contribution in [0.4, 0.5) is 0 Å². The second-order valence-corrected chi connectivity index (χ2v) is 5.24. The molecule has 1 atom stereocenters. The van der Waals surface area contributed by atoms with E-state index in [9.17, 15) is 5.11 Å². The number of nitrogens with zero attached hydrogens (tertiary/aromatic N) is 1. The summed E-state index contributed by atoms with van der Waals surface area (Å²) in [6, 6.07) is 3.99. The summed E-state index contributed by atoms with van der Waals surface area (Å²) in [5.74, 6) is 1.92. The molecular weight excluding hydrogens is 320 g/mol. The van der Waals surface area contributed by atoms with Crippen molar-refractivity contribution in [3.05, 3.63) is 17.7 Å². The molecule has 0 spiro atoms. The third-order valence-electron chi connectivity index (χ3n) is 4.09. The first-order chi connectivity index (χ1) is 10.8. The lowest BCUT2D eigenvalue weighted by molar-refractivity contribution is 0.138. The lowest BCUT2D eigenvalue weighted by Gasteiger charge is -2.35. The van der Waals surface area contributed by atoms with E-state index in [0.29, 0.717) is 23.7 Å². The van der Waals surface area contributed by atoms with Gasteiger partial charge in [0.2, 0.25) is 5.75 Å². The molecule has 1 aromatic rings. The van der Waals surface area contributed by atoms with Crippen LogP contribution in [0.5, 0.6) is 17.2 Å². The third kappa shape index (κ3) is 4.41. The molecule has 0 saturated carbocycles. The van der Waals surface area contributed by atoms with Gasteiger partial charge in [-0.1, -0.05) is 0 Å². The molecular formula is C16H27ClN2O4. The number of methoxy groups -OCH3 is 3. The largest absolute Gasteiger partial charge is 0.493 e. The summed E-state index contributed by atoms with van der Waals surface area (Å²) in [5, 5.41) is 12.8. The highest BCUT2D eigenvalue weighted by atomic mass is 35.5. The van der Waals surface area contributed by atoms with Crippen molar-refractivity contribution in [2.45, 2.75) is 12.5 Å². The number of rotatable bonds is 7. The number of hydrogen-bond donors (Lipinski definition) is 2. The van der Waals surface area contributed by atoms with E-state index in [2.05, 4.69) is 10.2 Å². The van der Waals surface area contributed by atoms with Crippen LogP contribution in [0.15, 0.2) is 12.1 Å². The first kappa shape index (κ1) is 19.8. The van der Waals surface area contributed by atoms with Crippen LogP contribution in [-0.2, 0) is 0 Å². The molecule has 0 bridgehead atoms. The molecule has 1 aromatic carbocycles. The predicted octanol–water partition coefficient (Wildman–Crippen LogP) is 1.46. The SMILES string of the molecule is COc1ccc([C@@H](CCO)N2CCNCC2)c(OC)c1OC.Cl. The van der Waals surface area contributed by atoms with Crippen LogP contribution in [0.25, 0.3) is 0 Å². The van der Waals surface area contributed by atoms with Crippen LogP contribution in [0.2, 0.25) is 0 Å². The lowest BCUT2D eigenvalue weighted by atomic mass is 9.99. The molecule has 1 aliphatic heterocycles. The van der Waals surface area contributed by atoms with Crippen LogP contribution < -0.4 is 19.5 Å². The van der Waals surface area contributed by atoms with E-state index in [1.807, 2.05) is 12.1 Å². The van der Waals surface area contributed by atoms with E-state index in [1.165, 1.54) is 0 Å². The average molecular weight is 347 g/mol. The van der Waals surface area contributed by atoms with Crippen molar-refractivity contribution >= 4 is 12.4 Å². The first-order valence-electron chi connectivity index (χ1n) is 7.61. The molecule has 0 radical (unpaired) electrons. The molecule has 6 nitrogen and oxygen atoms in total. The zero-order valence-corrected chi connectivity index (χ0v) is 14.8. The lowest BCUT2D eigenvalue weighted by Crippen LogP contribution is -2.45. The quantitative estimate of drug-likeness (QED) is 0.779. The number of halogens is 1. The predicted molar refractivity (Wildman–Crippen MR) is 92.2 cm³/mol. The van der Waals surface area contributed by atoms with Gasteiger partial charge in [0.05, 0.1) is 21.3 Å². The Hall–Kier alpha value is -1.21. The average Bonchev–Trinajstić information content (AvgIpc) is 2.59. The molecule has 1 aliphatic rings. The van der Waals surface area contributed by atoms with E-state index in [0.717, 1.165) is 31.7 Å². The minimum Gasteiger partial charge on any atom is -0.493 e. The number of piperazine rings is 1. The Balaban J connectivity index is 0.00000264. The Morgan fingerprint density at radius 2 is 1.74 bits per heavy atom. The van der Waals surface area contributed by atoms with Gasteiger partial charge in [-0.15, -0.1) is 12.4 Å². The number of hydrogen-bond acceptors (Lipinski definition) is 6. The smallest absolute Gasteiger partial charge is 0.203 e. The maximum absolute atomic E-state index is 9.48. The third-order valence-corrected chi connectivity index (χ3v) is 4.09. The summed E-state index contributed by atoms with van der Waals surface area (Å²) >= 11 is 0. The minimum atomic E-state index is 0. The first-order valence-corrected chi connectivity index (χ1v) is 7.61. The second-order valence-electron chi connectivity index (χ2n) is 5.24. The number of aliphatic hydroxyl groups excluding tert-OH is 1. The highest BCUT2D eigenvalue weighted by Crippen LogP contribution is 2.44. The minimum absolute atomic E-state index is 0. The summed E-state index contributed by atoms with van der Waals surface area (Å²) in [5.41, 5.74) is 1.02. The molecule has 23 heavy (non-hydrogen) atoms. The summed E-state index contributed by atoms with van der Waals surface area (Å²) in [7, 11) is 4.85. The number of nitrogens with one attached hydrogen (secondary N) is 1. The fourth-order valence-corrected chi connectivity index (χ4v) is 3.04. The standard InChI is InChI=1S/C16H26N2O4.ClH/c1-20-14-5-4-12(15(21-2)16(14)22-3)13(6-11-19)18-9-7-17-8-10-18;/h4-5,13,17,19H,6-11H2,1-3H3;1H/t13-;/m1./s1. The van der Waals surface area contributed by atoms with Crippen LogP contribution in [-0.4, -0.2) is 64.1 Å². The van der Waals surface area contributed by atoms with Gasteiger partial charge in [0.15, 0.2) is 11.5 Å². The topological polar surface area (TPSA) is 63.2 Å². The maximum Gasteiger partial charge on any atom is 0.203 e. The van der Waals surface area contributed by atoms with E-state index in [4.69, 9.17) is 14.2 Å². The second kappa shape index (κ2) is 9.82. The molecule has 2 rings (SSSR count). The summed E-state index contributed by atoms with van der Waals surface area (Å²) in [4.78, 5) is 2.37. The molecule has 2 N–H and O–H groups in total. The van der Waals surface area contributed by atoms with Gasteiger partial charge in [-0.05, 0) is 18.6 Å². The van der Waals surface area contributed by atoms with Gasteiger partial charge < -0.3 is 24.6 Å². The molecule has 1 fully saturated rings. The Labute approximate surface area is 144 Å². The zero-order chi connectivity index (χ0) is 15.9. The van der Waals surface area contributed by atoms with Gasteiger partial charge in [-0.25, -0.2) is 0 Å². The monoisotopic (exact) mass is 346 g/mol. The Kier molecular flexibility index (Phi) is 8.47. The number of aliphatic hydroxyl groups is 1. The Morgan fingerprint density at radius 3 is 2.26 bits per heavy atom. The highest BCUT2D eigenvalue weighted by molar-refractivity contribution is 5.85. The number of ether oxygens (including phenoxy) is 3. The van der Waals surface area contributed by atoms with Crippen molar-refractivity contribution in [2.75, 3.05) is 54.1 Å². The van der Waals surface area contributed by atoms with E-state index in [1.54, 1.807) is 21.3 Å². The number of benzene rings is 1. The van der Waals surface area contributed by atoms with Crippen molar-refractivity contribution in [2.24, 2.45) is 0 Å². The van der Waals surface area contributed by atoms with E-state index in [-0.39, 0.29) is 25.1 Å². The van der Waals surface area contributed by atoms with E-state index >= 15 is 0 Å². The Morgan fingerprint density at radius 1 is 1.09 bits per heavy atom. The molecule has 0 aromatic heterocycles. The molecule has 7 heteroatoms. The van der Waals surface area contributed by atoms with Gasteiger partial charge >= 0.3 is 0 Å². The summed E-state index contributed by atoms with van der Waals surface area (Å²) in [6.45, 7) is 3.94. The molecule has 0 aliphatic carbocycles. The molecule has 0 amide bonds. The highest BCUT2D eigenvalue weighted by Gasteiger charge is 2.27. The van der Waals surface area contributed by atoms with Crippen LogP contribution in [0, 0.1) is 0 Å². The molecule has 1 saturated heterocycles. The molecule has 1 heterocycles. The molecule has 0 unspecified atom stereocenters. The van der Waals surface area contributed by atoms with Crippen LogP contribution in [0.3, 0.4) is 0 Å². The van der Waals surface area contributed by atoms with Gasteiger partial charge in [-0.3, -0.25) is 4.90 Å². The van der Waals surface area contributed by atoms with Gasteiger partial charge in [-0.2, -0.15) is 0 Å². The van der Waals surface area contributed by atoms with Crippen LogP contribution in [0.1, 0.15) is 18.0 Å². The maximum atomic E-state index is 9.48. The van der Waals surface area contributed by atoms with Gasteiger partial charge in [0, 0.05) is 44.4 Å². The fraction of sp³-hybridized carbons (Fsp3) is 0.625. The van der Waals surface area contributed by atoms with Crippen molar-refractivity contribution in [1.29, 1.82) is 0 Å². The Bertz CT molecular complexity index is 481. The molecule has 132 valence electrons. The van der Waals surface area contributed by atoms with Crippen molar-refractivity contribution in [3.8, 4) is 17.2 Å². The van der Waals surface area contributed by atoms with E-state index < -0.39 is 0 Å². The summed E-state index contributed by atoms with van der Waals surface area (Å²) < 4.78 is 16.4. The summed E-state index contributed by atoms with van der Waals surface area (Å²) in [6.07, 6.45) is 0.659. The van der Waals surface area contributed by atoms with Crippen molar-refractivity contribution in [1.82, 2.24) is 10.2 Å². The van der Waals surface area contributed by atoms with Crippen molar-refractivity contribution < 1.29 is 19.3 Å². The van der Waals surface area contributed by atoms with Crippen molar-refractivity contribution in [3.63, 3.8) is 0 Å². The van der Waals surface area contributed by atoms with Gasteiger partial charge in [0.25, 0.3) is 0 Å². The van der Waals surface area contributed by atoms with Crippen LogP contribution >= 0.6 is 12.4 Å². The van der Waals surface area contributed by atoms with Gasteiger partial charge in [0.1, 0.15) is 0 Å². The fourth-order valence-electron chi connectivity index (χ4n) is 3.04.